The van der Waals surface area contributed by atoms with E-state index >= 15 is 0 Å². The molecule has 1 amide bonds. The summed E-state index contributed by atoms with van der Waals surface area (Å²) in [5.41, 5.74) is 3.32. The van der Waals surface area contributed by atoms with Crippen LogP contribution in [-0.2, 0) is 14.3 Å². The second-order valence-electron chi connectivity index (χ2n) is 6.52. The van der Waals surface area contributed by atoms with Crippen molar-refractivity contribution in [2.75, 3.05) is 23.8 Å². The third kappa shape index (κ3) is 5.08. The van der Waals surface area contributed by atoms with E-state index in [1.54, 1.807) is 30.3 Å². The molecule has 7 heteroatoms. The van der Waals surface area contributed by atoms with Gasteiger partial charge in [0.05, 0.1) is 12.5 Å². The van der Waals surface area contributed by atoms with E-state index in [1.807, 2.05) is 36.2 Å². The molecular formula is C22H20N4O3. The normalized spacial score (nSPS) is 14.2. The Balaban J connectivity index is 1.74. The maximum Gasteiger partial charge on any atom is 0.363 e. The van der Waals surface area contributed by atoms with Gasteiger partial charge >= 0.3 is 5.97 Å². The Kier molecular flexibility index (Phi) is 6.05. The van der Waals surface area contributed by atoms with Gasteiger partial charge in [-0.05, 0) is 48.0 Å². The van der Waals surface area contributed by atoms with Crippen molar-refractivity contribution in [2.24, 2.45) is 4.99 Å². The summed E-state index contributed by atoms with van der Waals surface area (Å²) in [4.78, 5) is 29.5. The molecule has 3 rings (SSSR count). The zero-order valence-corrected chi connectivity index (χ0v) is 16.2. The number of cyclic esters (lactones) is 1. The summed E-state index contributed by atoms with van der Waals surface area (Å²) in [6, 6.07) is 16.6. The Morgan fingerprint density at radius 3 is 2.52 bits per heavy atom. The molecule has 2 aromatic rings. The summed E-state index contributed by atoms with van der Waals surface area (Å²) >= 11 is 0. The number of nitriles is 1. The smallest absolute Gasteiger partial charge is 0.363 e. The molecule has 1 aliphatic heterocycles. The Labute approximate surface area is 168 Å². The van der Waals surface area contributed by atoms with Crippen LogP contribution in [0.15, 0.2) is 59.2 Å². The van der Waals surface area contributed by atoms with Crippen LogP contribution in [0, 0.1) is 11.3 Å². The lowest BCUT2D eigenvalue weighted by Crippen LogP contribution is -2.17. The average molecular weight is 388 g/mol. The van der Waals surface area contributed by atoms with Gasteiger partial charge in [-0.15, -0.1) is 0 Å². The fourth-order valence-corrected chi connectivity index (χ4v) is 2.76. The van der Waals surface area contributed by atoms with Crippen LogP contribution >= 0.6 is 0 Å². The maximum absolute atomic E-state index is 12.2. The van der Waals surface area contributed by atoms with Crippen molar-refractivity contribution in [2.45, 2.75) is 13.3 Å². The van der Waals surface area contributed by atoms with Gasteiger partial charge in [0.1, 0.15) is 0 Å². The molecular weight excluding hydrogens is 368 g/mol. The van der Waals surface area contributed by atoms with Crippen LogP contribution in [0.5, 0.6) is 0 Å². The second-order valence-corrected chi connectivity index (χ2v) is 6.52. The van der Waals surface area contributed by atoms with Crippen molar-refractivity contribution in [3.05, 3.63) is 65.4 Å². The molecule has 1 heterocycles. The fourth-order valence-electron chi connectivity index (χ4n) is 2.76. The zero-order valence-electron chi connectivity index (χ0n) is 16.2. The molecule has 0 fully saturated rings. The molecule has 0 aromatic heterocycles. The van der Waals surface area contributed by atoms with Gasteiger partial charge in [-0.3, -0.25) is 4.79 Å². The zero-order chi connectivity index (χ0) is 20.8. The Bertz CT molecular complexity index is 1020. The van der Waals surface area contributed by atoms with Crippen molar-refractivity contribution in [3.63, 3.8) is 0 Å². The van der Waals surface area contributed by atoms with Crippen molar-refractivity contribution < 1.29 is 14.3 Å². The average Bonchev–Trinajstić information content (AvgIpc) is 3.07. The highest BCUT2D eigenvalue weighted by Gasteiger charge is 2.24. The molecule has 0 aliphatic carbocycles. The number of anilines is 2. The minimum atomic E-state index is -0.513. The molecule has 0 radical (unpaired) electrons. The first-order valence-corrected chi connectivity index (χ1v) is 9.05. The van der Waals surface area contributed by atoms with E-state index in [1.165, 1.54) is 6.92 Å². The van der Waals surface area contributed by atoms with Crippen molar-refractivity contribution in [3.8, 4) is 6.07 Å². The summed E-state index contributed by atoms with van der Waals surface area (Å²) in [6.45, 7) is 2.09. The lowest BCUT2D eigenvalue weighted by atomic mass is 10.1. The lowest BCUT2D eigenvalue weighted by molar-refractivity contribution is -0.129. The molecule has 0 unspecified atom stereocenters. The van der Waals surface area contributed by atoms with Gasteiger partial charge in [0.15, 0.2) is 5.70 Å². The number of esters is 1. The molecule has 0 saturated heterocycles. The molecule has 1 aliphatic rings. The van der Waals surface area contributed by atoms with E-state index in [-0.39, 0.29) is 17.5 Å². The van der Waals surface area contributed by atoms with E-state index < -0.39 is 5.97 Å². The van der Waals surface area contributed by atoms with Gasteiger partial charge in [0, 0.05) is 37.5 Å². The molecule has 0 saturated carbocycles. The predicted molar refractivity (Wildman–Crippen MR) is 111 cm³/mol. The summed E-state index contributed by atoms with van der Waals surface area (Å²) < 4.78 is 5.28. The van der Waals surface area contributed by atoms with Gasteiger partial charge in [-0.2, -0.15) is 5.26 Å². The molecule has 29 heavy (non-hydrogen) atoms. The molecule has 146 valence electrons. The van der Waals surface area contributed by atoms with Crippen molar-refractivity contribution >= 4 is 35.2 Å². The highest BCUT2D eigenvalue weighted by molar-refractivity contribution is 6.13. The Hall–Kier alpha value is -3.92. The summed E-state index contributed by atoms with van der Waals surface area (Å²) in [5.74, 6) is -0.445. The minimum Gasteiger partial charge on any atom is -0.402 e. The quantitative estimate of drug-likeness (QED) is 0.605. The number of benzene rings is 2. The number of nitrogens with one attached hydrogen (secondary N) is 1. The lowest BCUT2D eigenvalue weighted by Gasteiger charge is -2.17. The number of ether oxygens (including phenoxy) is 1. The highest BCUT2D eigenvalue weighted by Crippen LogP contribution is 2.22. The first-order valence-electron chi connectivity index (χ1n) is 9.05. The first-order chi connectivity index (χ1) is 14.0. The van der Waals surface area contributed by atoms with Crippen LogP contribution < -0.4 is 10.2 Å². The second kappa shape index (κ2) is 8.85. The van der Waals surface area contributed by atoms with Crippen LogP contribution in [0.3, 0.4) is 0 Å². The van der Waals surface area contributed by atoms with E-state index in [9.17, 15) is 9.59 Å². The van der Waals surface area contributed by atoms with Crippen molar-refractivity contribution in [1.29, 1.82) is 5.26 Å². The van der Waals surface area contributed by atoms with Crippen LogP contribution in [0.2, 0.25) is 0 Å². The molecule has 7 nitrogen and oxygen atoms in total. The molecule has 0 atom stereocenters. The minimum absolute atomic E-state index is 0.158. The van der Waals surface area contributed by atoms with Gasteiger partial charge in [0.2, 0.25) is 11.8 Å². The number of amides is 1. The van der Waals surface area contributed by atoms with Gasteiger partial charge in [-0.1, -0.05) is 12.1 Å². The van der Waals surface area contributed by atoms with E-state index in [2.05, 4.69) is 16.4 Å². The summed E-state index contributed by atoms with van der Waals surface area (Å²) in [6.07, 6.45) is 2.12. The van der Waals surface area contributed by atoms with Gasteiger partial charge in [-0.25, -0.2) is 9.79 Å². The van der Waals surface area contributed by atoms with Crippen molar-refractivity contribution in [1.82, 2.24) is 0 Å². The number of carbonyl (C=O) groups is 2. The molecule has 0 bridgehead atoms. The molecule has 1 N–H and O–H groups in total. The first kappa shape index (κ1) is 19.8. The topological polar surface area (TPSA) is 94.8 Å². The van der Waals surface area contributed by atoms with Crippen LogP contribution in [0.1, 0.15) is 24.5 Å². The van der Waals surface area contributed by atoms with E-state index in [0.29, 0.717) is 24.2 Å². The number of hydrogen-bond acceptors (Lipinski definition) is 6. The number of hydrogen-bond donors (Lipinski definition) is 1. The van der Waals surface area contributed by atoms with Gasteiger partial charge < -0.3 is 15.0 Å². The number of carbonyl (C=O) groups excluding carboxylic acids is 2. The fraction of sp³-hybridized carbons (Fsp3) is 0.182. The van der Waals surface area contributed by atoms with Crippen LogP contribution in [0.25, 0.3) is 6.08 Å². The summed E-state index contributed by atoms with van der Waals surface area (Å²) in [5, 5.41) is 11.4. The van der Waals surface area contributed by atoms with Crippen LogP contribution in [-0.4, -0.2) is 31.4 Å². The van der Waals surface area contributed by atoms with E-state index in [4.69, 9.17) is 10.00 Å². The molecule has 0 spiro atoms. The Morgan fingerprint density at radius 2 is 1.90 bits per heavy atom. The summed E-state index contributed by atoms with van der Waals surface area (Å²) in [7, 11) is 1.92. The standard InChI is InChI=1S/C22H20N4O3/c1-15(27)24-18-8-6-17(7-9-18)21-25-20(22(28)29-21)14-16-4-10-19(11-5-16)26(2)13-3-12-23/h4-11,14H,3,13H2,1-2H3,(H,24,27)/b20-14-. The highest BCUT2D eigenvalue weighted by atomic mass is 16.6. The number of aliphatic imine (C=N–C) groups is 1. The maximum atomic E-state index is 12.2. The van der Waals surface area contributed by atoms with E-state index in [0.717, 1.165) is 11.3 Å². The van der Waals surface area contributed by atoms with Crippen LogP contribution in [0.4, 0.5) is 11.4 Å². The third-order valence-corrected chi connectivity index (χ3v) is 4.27. The Morgan fingerprint density at radius 1 is 1.21 bits per heavy atom. The number of nitrogens with zero attached hydrogens (tertiary/aromatic N) is 3. The SMILES string of the molecule is CC(=O)Nc1ccc(C2=N/C(=C\c3ccc(N(C)CCC#N)cc3)C(=O)O2)cc1. The largest absolute Gasteiger partial charge is 0.402 e. The number of rotatable bonds is 6. The van der Waals surface area contributed by atoms with Gasteiger partial charge in [0.25, 0.3) is 0 Å². The molecule has 2 aromatic carbocycles. The predicted octanol–water partition coefficient (Wildman–Crippen LogP) is 3.34. The monoisotopic (exact) mass is 388 g/mol. The third-order valence-electron chi connectivity index (χ3n) is 4.27.